The summed E-state index contributed by atoms with van der Waals surface area (Å²) < 4.78 is 4.61. The van der Waals surface area contributed by atoms with Crippen molar-refractivity contribution in [3.63, 3.8) is 0 Å². The monoisotopic (exact) mass is 281 g/mol. The van der Waals surface area contributed by atoms with Crippen LogP contribution < -0.4 is 16.4 Å². The van der Waals surface area contributed by atoms with Gasteiger partial charge in [-0.1, -0.05) is 6.92 Å². The Morgan fingerprint density at radius 1 is 1.55 bits per heavy atom. The van der Waals surface area contributed by atoms with Crippen molar-refractivity contribution in [3.8, 4) is 0 Å². The minimum Gasteiger partial charge on any atom is -0.469 e. The van der Waals surface area contributed by atoms with E-state index in [1.165, 1.54) is 7.11 Å². The average molecular weight is 281 g/mol. The van der Waals surface area contributed by atoms with Crippen molar-refractivity contribution in [1.29, 1.82) is 0 Å². The number of nitrogens with zero attached hydrogens (tertiary/aromatic N) is 2. The van der Waals surface area contributed by atoms with E-state index in [2.05, 4.69) is 32.3 Å². The fraction of sp³-hybridized carbons (Fsp3) is 0.615. The van der Waals surface area contributed by atoms with Gasteiger partial charge in [0.15, 0.2) is 5.82 Å². The standard InChI is InChI=1S/C13H23N5O2/c1-4-7-15-13-16-8-10(14)12(18-13)17-9(2)5-6-11(19)20-3/h8-9H,4-7,14H2,1-3H3,(H2,15,16,17,18)/t9-/m0/s1. The second-order valence-corrected chi connectivity index (χ2v) is 4.58. The second kappa shape index (κ2) is 8.19. The molecule has 0 aliphatic heterocycles. The highest BCUT2D eigenvalue weighted by molar-refractivity contribution is 5.69. The van der Waals surface area contributed by atoms with E-state index < -0.39 is 0 Å². The smallest absolute Gasteiger partial charge is 0.305 e. The summed E-state index contributed by atoms with van der Waals surface area (Å²) in [4.78, 5) is 19.5. The first-order valence-electron chi connectivity index (χ1n) is 6.76. The number of rotatable bonds is 8. The van der Waals surface area contributed by atoms with Gasteiger partial charge in [-0.05, 0) is 19.8 Å². The molecule has 7 nitrogen and oxygen atoms in total. The Hall–Kier alpha value is -2.05. The molecular formula is C13H23N5O2. The number of hydrogen-bond acceptors (Lipinski definition) is 7. The number of carbonyl (C=O) groups is 1. The van der Waals surface area contributed by atoms with Gasteiger partial charge in [-0.15, -0.1) is 0 Å². The number of anilines is 3. The molecule has 0 aromatic carbocycles. The van der Waals surface area contributed by atoms with Crippen LogP contribution >= 0.6 is 0 Å². The summed E-state index contributed by atoms with van der Waals surface area (Å²) in [5.41, 5.74) is 6.32. The molecule has 0 unspecified atom stereocenters. The van der Waals surface area contributed by atoms with Crippen LogP contribution in [0, 0.1) is 0 Å². The molecule has 1 heterocycles. The first kappa shape index (κ1) is 16.0. The molecule has 0 spiro atoms. The molecule has 1 rings (SSSR count). The molecule has 0 aliphatic carbocycles. The number of nitrogens with one attached hydrogen (secondary N) is 2. The molecule has 0 aliphatic rings. The number of hydrogen-bond donors (Lipinski definition) is 3. The summed E-state index contributed by atoms with van der Waals surface area (Å²) in [5.74, 6) is 0.902. The second-order valence-electron chi connectivity index (χ2n) is 4.58. The zero-order chi connectivity index (χ0) is 15.0. The Kier molecular flexibility index (Phi) is 6.55. The third kappa shape index (κ3) is 5.29. The van der Waals surface area contributed by atoms with Crippen molar-refractivity contribution in [3.05, 3.63) is 6.20 Å². The maximum absolute atomic E-state index is 11.1. The molecule has 0 saturated heterocycles. The lowest BCUT2D eigenvalue weighted by molar-refractivity contribution is -0.140. The normalized spacial score (nSPS) is 11.8. The third-order valence-electron chi connectivity index (χ3n) is 2.74. The van der Waals surface area contributed by atoms with Crippen molar-refractivity contribution < 1.29 is 9.53 Å². The minimum atomic E-state index is -0.223. The Balaban J connectivity index is 2.58. The number of carbonyl (C=O) groups excluding carboxylic acids is 1. The average Bonchev–Trinajstić information content (AvgIpc) is 2.45. The molecule has 0 amide bonds. The van der Waals surface area contributed by atoms with Crippen LogP contribution in [0.15, 0.2) is 6.20 Å². The molecule has 7 heteroatoms. The topological polar surface area (TPSA) is 102 Å². The lowest BCUT2D eigenvalue weighted by Gasteiger charge is -2.16. The Morgan fingerprint density at radius 3 is 2.95 bits per heavy atom. The van der Waals surface area contributed by atoms with Gasteiger partial charge in [-0.25, -0.2) is 4.98 Å². The highest BCUT2D eigenvalue weighted by Crippen LogP contribution is 2.18. The lowest BCUT2D eigenvalue weighted by Crippen LogP contribution is -2.19. The molecule has 1 aromatic heterocycles. The number of nitrogens with two attached hydrogens (primary N) is 1. The molecule has 20 heavy (non-hydrogen) atoms. The molecule has 112 valence electrons. The zero-order valence-corrected chi connectivity index (χ0v) is 12.3. The Labute approximate surface area is 119 Å². The SMILES string of the molecule is CCCNc1ncc(N)c(N[C@@H](C)CCC(=O)OC)n1. The number of nitrogen functional groups attached to an aromatic ring is 1. The van der Waals surface area contributed by atoms with Gasteiger partial charge in [-0.2, -0.15) is 4.98 Å². The van der Waals surface area contributed by atoms with Crippen molar-refractivity contribution in [2.45, 2.75) is 39.2 Å². The largest absolute Gasteiger partial charge is 0.469 e. The first-order valence-corrected chi connectivity index (χ1v) is 6.76. The van der Waals surface area contributed by atoms with Crippen molar-refractivity contribution in [1.82, 2.24) is 9.97 Å². The van der Waals surface area contributed by atoms with Crippen molar-refractivity contribution >= 4 is 23.4 Å². The van der Waals surface area contributed by atoms with E-state index in [1.807, 2.05) is 6.92 Å². The van der Waals surface area contributed by atoms with Crippen LogP contribution in [0.4, 0.5) is 17.5 Å². The zero-order valence-electron chi connectivity index (χ0n) is 12.3. The lowest BCUT2D eigenvalue weighted by atomic mass is 10.2. The molecule has 4 N–H and O–H groups in total. The highest BCUT2D eigenvalue weighted by Gasteiger charge is 2.10. The fourth-order valence-corrected chi connectivity index (χ4v) is 1.57. The van der Waals surface area contributed by atoms with Crippen LogP contribution in [0.2, 0.25) is 0 Å². The predicted octanol–water partition coefficient (Wildman–Crippen LogP) is 1.63. The minimum absolute atomic E-state index is 0.0605. The number of esters is 1. The summed E-state index contributed by atoms with van der Waals surface area (Å²) in [6.45, 7) is 4.84. The molecule has 1 atom stereocenters. The quantitative estimate of drug-likeness (QED) is 0.622. The number of methoxy groups -OCH3 is 1. The van der Waals surface area contributed by atoms with E-state index >= 15 is 0 Å². The van der Waals surface area contributed by atoms with Crippen LogP contribution in [0.1, 0.15) is 33.1 Å². The van der Waals surface area contributed by atoms with Gasteiger partial charge in [0.25, 0.3) is 0 Å². The van der Waals surface area contributed by atoms with Gasteiger partial charge in [-0.3, -0.25) is 4.79 Å². The Bertz CT molecular complexity index is 439. The highest BCUT2D eigenvalue weighted by atomic mass is 16.5. The van der Waals surface area contributed by atoms with Gasteiger partial charge >= 0.3 is 5.97 Å². The van der Waals surface area contributed by atoms with E-state index in [9.17, 15) is 4.79 Å². The maximum Gasteiger partial charge on any atom is 0.305 e. The van der Waals surface area contributed by atoms with Crippen LogP contribution in [-0.4, -0.2) is 35.6 Å². The van der Waals surface area contributed by atoms with Gasteiger partial charge in [0.1, 0.15) is 0 Å². The van der Waals surface area contributed by atoms with Gasteiger partial charge in [0.05, 0.1) is 19.0 Å². The Morgan fingerprint density at radius 2 is 2.30 bits per heavy atom. The van der Waals surface area contributed by atoms with Crippen molar-refractivity contribution in [2.24, 2.45) is 0 Å². The van der Waals surface area contributed by atoms with Crippen LogP contribution in [0.5, 0.6) is 0 Å². The van der Waals surface area contributed by atoms with E-state index in [0.717, 1.165) is 13.0 Å². The fourth-order valence-electron chi connectivity index (χ4n) is 1.57. The first-order chi connectivity index (χ1) is 9.56. The van der Waals surface area contributed by atoms with E-state index in [0.29, 0.717) is 30.3 Å². The van der Waals surface area contributed by atoms with Crippen LogP contribution in [-0.2, 0) is 9.53 Å². The summed E-state index contributed by atoms with van der Waals surface area (Å²) in [5, 5.41) is 6.29. The maximum atomic E-state index is 11.1. The molecule has 0 fully saturated rings. The van der Waals surface area contributed by atoms with Crippen molar-refractivity contribution in [2.75, 3.05) is 30.0 Å². The summed E-state index contributed by atoms with van der Waals surface area (Å²) in [7, 11) is 1.38. The summed E-state index contributed by atoms with van der Waals surface area (Å²) in [6, 6.07) is 0.0605. The molecule has 0 saturated carbocycles. The number of ether oxygens (including phenoxy) is 1. The van der Waals surface area contributed by atoms with Crippen LogP contribution in [0.3, 0.4) is 0 Å². The molecule has 0 bridgehead atoms. The predicted molar refractivity (Wildman–Crippen MR) is 79.6 cm³/mol. The van der Waals surface area contributed by atoms with Gasteiger partial charge in [0.2, 0.25) is 5.95 Å². The summed E-state index contributed by atoms with van der Waals surface area (Å²) >= 11 is 0. The van der Waals surface area contributed by atoms with E-state index in [1.54, 1.807) is 6.20 Å². The van der Waals surface area contributed by atoms with E-state index in [4.69, 9.17) is 5.73 Å². The third-order valence-corrected chi connectivity index (χ3v) is 2.74. The molecule has 0 radical (unpaired) electrons. The van der Waals surface area contributed by atoms with E-state index in [-0.39, 0.29) is 12.0 Å². The summed E-state index contributed by atoms with van der Waals surface area (Å²) in [6.07, 6.45) is 3.57. The number of aromatic nitrogens is 2. The van der Waals surface area contributed by atoms with Gasteiger partial charge < -0.3 is 21.1 Å². The van der Waals surface area contributed by atoms with Crippen LogP contribution in [0.25, 0.3) is 0 Å². The van der Waals surface area contributed by atoms with Gasteiger partial charge in [0, 0.05) is 19.0 Å². The molecule has 1 aromatic rings. The molecular weight excluding hydrogens is 258 g/mol.